The number of anilines is 2. The average Bonchev–Trinajstić information content (AvgIpc) is 3.35. The summed E-state index contributed by atoms with van der Waals surface area (Å²) in [6, 6.07) is 22.6. The molecule has 1 aliphatic heterocycles. The Labute approximate surface area is 221 Å². The van der Waals surface area contributed by atoms with Crippen LogP contribution in [-0.2, 0) is 20.6 Å². The van der Waals surface area contributed by atoms with Gasteiger partial charge in [-0.25, -0.2) is 8.42 Å². The van der Waals surface area contributed by atoms with Gasteiger partial charge in [0.2, 0.25) is 5.13 Å². The monoisotopic (exact) mass is 558 g/mol. The molecule has 8 nitrogen and oxygen atoms in total. The van der Waals surface area contributed by atoms with Crippen LogP contribution in [0.3, 0.4) is 0 Å². The molecule has 1 N–H and O–H groups in total. The van der Waals surface area contributed by atoms with Crippen LogP contribution >= 0.6 is 34.7 Å². The molecule has 0 saturated carbocycles. The molecule has 1 atom stereocenters. The number of nitrogens with zero attached hydrogens (tertiary/aromatic N) is 3. The number of hydrogen-bond acceptors (Lipinski definition) is 8. The van der Waals surface area contributed by atoms with Crippen molar-refractivity contribution >= 4 is 61.4 Å². The maximum atomic E-state index is 13.5. The number of thioether (sulfide) groups is 1. The van der Waals surface area contributed by atoms with Crippen LogP contribution in [0.25, 0.3) is 0 Å². The molecule has 5 rings (SSSR count). The van der Waals surface area contributed by atoms with Gasteiger partial charge in [0.1, 0.15) is 5.75 Å². The average molecular weight is 559 g/mol. The molecule has 0 saturated heterocycles. The van der Waals surface area contributed by atoms with Crippen molar-refractivity contribution in [3.8, 4) is 5.75 Å². The summed E-state index contributed by atoms with van der Waals surface area (Å²) in [5.41, 5.74) is 1.42. The van der Waals surface area contributed by atoms with Crippen molar-refractivity contribution in [1.29, 1.82) is 0 Å². The Morgan fingerprint density at radius 2 is 1.81 bits per heavy atom. The molecule has 36 heavy (non-hydrogen) atoms. The molecule has 0 unspecified atom stereocenters. The van der Waals surface area contributed by atoms with Gasteiger partial charge < -0.3 is 4.74 Å². The van der Waals surface area contributed by atoms with Crippen LogP contribution in [0, 0.1) is 0 Å². The zero-order valence-electron chi connectivity index (χ0n) is 18.6. The second-order valence-electron chi connectivity index (χ2n) is 7.70. The summed E-state index contributed by atoms with van der Waals surface area (Å²) in [5, 5.41) is 11.5. The minimum atomic E-state index is -3.98. The molecule has 3 aromatic carbocycles. The Balaban J connectivity index is 1.33. The molecule has 0 aliphatic carbocycles. The van der Waals surface area contributed by atoms with Crippen LogP contribution in [-0.4, -0.2) is 37.2 Å². The first kappa shape index (κ1) is 24.6. The van der Waals surface area contributed by atoms with Crippen LogP contribution in [0.15, 0.2) is 88.1 Å². The lowest BCUT2D eigenvalue weighted by molar-refractivity contribution is -0.122. The van der Waals surface area contributed by atoms with E-state index in [2.05, 4.69) is 15.5 Å². The number of sulfonamides is 1. The molecule has 0 radical (unpaired) electrons. The van der Waals surface area contributed by atoms with Gasteiger partial charge in [-0.1, -0.05) is 83.2 Å². The number of fused-ring (bicyclic) bond motifs is 1. The summed E-state index contributed by atoms with van der Waals surface area (Å²) in [5.74, 6) is 0.433. The first-order valence-corrected chi connectivity index (χ1v) is 14.4. The molecule has 184 valence electrons. The summed E-state index contributed by atoms with van der Waals surface area (Å²) >= 11 is 8.89. The van der Waals surface area contributed by atoms with E-state index in [0.29, 0.717) is 14.5 Å². The number of halogens is 1. The van der Waals surface area contributed by atoms with Gasteiger partial charge in [-0.15, -0.1) is 10.2 Å². The van der Waals surface area contributed by atoms with Crippen molar-refractivity contribution in [2.75, 3.05) is 16.2 Å². The molecule has 1 amide bonds. The number of benzene rings is 3. The lowest BCUT2D eigenvalue weighted by atomic mass is 10.2. The standard InChI is InChI=1S/C24H19ClN4O4S3/c25-17-11-12-20-19(13-17)29(36(31,32)18-9-5-2-6-10-18)14-21(33-20)22(30)26-23-27-28-24(35-23)34-15-16-7-3-1-4-8-16/h1-13,21H,14-15H2,(H,26,27,30)/t21-/m0/s1. The maximum Gasteiger partial charge on any atom is 0.269 e. The predicted octanol–water partition coefficient (Wildman–Crippen LogP) is 5.08. The minimum absolute atomic E-state index is 0.0983. The molecule has 12 heteroatoms. The first-order valence-electron chi connectivity index (χ1n) is 10.8. The Bertz CT molecular complexity index is 1480. The lowest BCUT2D eigenvalue weighted by Gasteiger charge is -2.34. The smallest absolute Gasteiger partial charge is 0.269 e. The highest BCUT2D eigenvalue weighted by Gasteiger charge is 2.38. The van der Waals surface area contributed by atoms with Crippen molar-refractivity contribution in [3.05, 3.63) is 89.4 Å². The number of hydrogen-bond donors (Lipinski definition) is 1. The van der Waals surface area contributed by atoms with E-state index < -0.39 is 22.0 Å². The molecule has 1 aromatic heterocycles. The Morgan fingerprint density at radius 1 is 1.08 bits per heavy atom. The predicted molar refractivity (Wildman–Crippen MR) is 141 cm³/mol. The number of amides is 1. The molecule has 2 heterocycles. The van der Waals surface area contributed by atoms with Crippen molar-refractivity contribution in [3.63, 3.8) is 0 Å². The van der Waals surface area contributed by atoms with Gasteiger partial charge in [-0.2, -0.15) is 0 Å². The van der Waals surface area contributed by atoms with E-state index >= 15 is 0 Å². The minimum Gasteiger partial charge on any atom is -0.476 e. The fourth-order valence-electron chi connectivity index (χ4n) is 3.53. The topological polar surface area (TPSA) is 101 Å². The lowest BCUT2D eigenvalue weighted by Crippen LogP contribution is -2.48. The fraction of sp³-hybridized carbons (Fsp3) is 0.125. The molecule has 1 aliphatic rings. The van der Waals surface area contributed by atoms with Gasteiger partial charge in [-0.3, -0.25) is 14.4 Å². The summed E-state index contributed by atoms with van der Waals surface area (Å²) in [6.45, 7) is -0.231. The Hall–Kier alpha value is -3.12. The van der Waals surface area contributed by atoms with Gasteiger partial charge in [0.15, 0.2) is 10.4 Å². The van der Waals surface area contributed by atoms with E-state index in [-0.39, 0.29) is 22.9 Å². The normalized spacial score (nSPS) is 15.1. The molecular formula is C24H19ClN4O4S3. The van der Waals surface area contributed by atoms with Gasteiger partial charge in [-0.05, 0) is 35.9 Å². The third-order valence-corrected chi connectivity index (χ3v) is 9.33. The van der Waals surface area contributed by atoms with Gasteiger partial charge >= 0.3 is 0 Å². The van der Waals surface area contributed by atoms with E-state index in [9.17, 15) is 13.2 Å². The van der Waals surface area contributed by atoms with Crippen LogP contribution in [0.2, 0.25) is 5.02 Å². The van der Waals surface area contributed by atoms with Crippen molar-refractivity contribution in [2.45, 2.75) is 21.1 Å². The molecular weight excluding hydrogens is 540 g/mol. The molecule has 0 fully saturated rings. The van der Waals surface area contributed by atoms with Crippen molar-refractivity contribution < 1.29 is 17.9 Å². The third kappa shape index (κ3) is 5.34. The first-order chi connectivity index (χ1) is 17.4. The van der Waals surface area contributed by atoms with Gasteiger partial charge in [0.05, 0.1) is 17.1 Å². The summed E-state index contributed by atoms with van der Waals surface area (Å²) < 4.78 is 34.6. The van der Waals surface area contributed by atoms with E-state index in [0.717, 1.165) is 15.6 Å². The van der Waals surface area contributed by atoms with E-state index in [4.69, 9.17) is 16.3 Å². The third-order valence-electron chi connectivity index (χ3n) is 5.26. The summed E-state index contributed by atoms with van der Waals surface area (Å²) in [4.78, 5) is 13.2. The Morgan fingerprint density at radius 3 is 2.56 bits per heavy atom. The zero-order chi connectivity index (χ0) is 25.1. The van der Waals surface area contributed by atoms with Gasteiger partial charge in [0.25, 0.3) is 15.9 Å². The van der Waals surface area contributed by atoms with Crippen LogP contribution in [0.4, 0.5) is 10.8 Å². The largest absolute Gasteiger partial charge is 0.476 e. The second kappa shape index (κ2) is 10.5. The quantitative estimate of drug-likeness (QED) is 0.249. The second-order valence-corrected chi connectivity index (χ2v) is 12.2. The van der Waals surface area contributed by atoms with Crippen molar-refractivity contribution in [2.24, 2.45) is 0 Å². The highest BCUT2D eigenvalue weighted by molar-refractivity contribution is 8.00. The number of carbonyl (C=O) groups is 1. The number of aromatic nitrogens is 2. The van der Waals surface area contributed by atoms with Crippen molar-refractivity contribution in [1.82, 2.24) is 10.2 Å². The molecule has 0 spiro atoms. The number of nitrogens with one attached hydrogen (secondary N) is 1. The molecule has 0 bridgehead atoms. The summed E-state index contributed by atoms with van der Waals surface area (Å²) in [6.07, 6.45) is -1.11. The highest BCUT2D eigenvalue weighted by Crippen LogP contribution is 2.39. The maximum absolute atomic E-state index is 13.5. The number of carbonyl (C=O) groups excluding carboxylic acids is 1. The highest BCUT2D eigenvalue weighted by atomic mass is 35.5. The van der Waals surface area contributed by atoms with Crippen LogP contribution < -0.4 is 14.4 Å². The van der Waals surface area contributed by atoms with E-state index in [1.807, 2.05) is 30.3 Å². The number of ether oxygens (including phenoxy) is 1. The SMILES string of the molecule is O=C(Nc1nnc(SCc2ccccc2)s1)[C@@H]1CN(S(=O)(=O)c2ccccc2)c2cc(Cl)ccc2O1. The summed E-state index contributed by atoms with van der Waals surface area (Å²) in [7, 11) is -3.98. The van der Waals surface area contributed by atoms with Crippen LogP contribution in [0.5, 0.6) is 5.75 Å². The van der Waals surface area contributed by atoms with E-state index in [1.165, 1.54) is 41.3 Å². The Kier molecular flexibility index (Phi) is 7.15. The van der Waals surface area contributed by atoms with Crippen LogP contribution in [0.1, 0.15) is 5.56 Å². The zero-order valence-corrected chi connectivity index (χ0v) is 21.8. The van der Waals surface area contributed by atoms with E-state index in [1.54, 1.807) is 30.3 Å². The fourth-order valence-corrected chi connectivity index (χ4v) is 6.90. The molecule has 4 aromatic rings. The van der Waals surface area contributed by atoms with Gasteiger partial charge in [0, 0.05) is 10.8 Å². The number of rotatable bonds is 7.